The molecule has 0 radical (unpaired) electrons. The van der Waals surface area contributed by atoms with Gasteiger partial charge in [-0.05, 0) is 109 Å². The predicted molar refractivity (Wildman–Crippen MR) is 144 cm³/mol. The number of carbonyl (C=O) groups excluding carboxylic acids is 1. The molecule has 3 nitrogen and oxygen atoms in total. The van der Waals surface area contributed by atoms with E-state index in [2.05, 4.69) is 26.0 Å². The third-order valence-corrected chi connectivity index (χ3v) is 8.62. The lowest BCUT2D eigenvalue weighted by Gasteiger charge is -2.45. The highest BCUT2D eigenvalue weighted by Gasteiger charge is 2.40. The topological polar surface area (TPSA) is 57.5 Å². The molecule has 0 amide bonds. The zero-order valence-corrected chi connectivity index (χ0v) is 23.2. The van der Waals surface area contributed by atoms with Crippen molar-refractivity contribution in [2.75, 3.05) is 0 Å². The van der Waals surface area contributed by atoms with E-state index in [9.17, 15) is 15.0 Å². The summed E-state index contributed by atoms with van der Waals surface area (Å²) in [7, 11) is 0. The zero-order chi connectivity index (χ0) is 25.4. The van der Waals surface area contributed by atoms with Crippen molar-refractivity contribution >= 4 is 5.78 Å². The lowest BCUT2D eigenvalue weighted by molar-refractivity contribution is -0.134. The second-order valence-corrected chi connectivity index (χ2v) is 12.9. The summed E-state index contributed by atoms with van der Waals surface area (Å²) in [6, 6.07) is 0. The van der Waals surface area contributed by atoms with Crippen LogP contribution in [0.2, 0.25) is 0 Å². The van der Waals surface area contributed by atoms with Gasteiger partial charge in [0, 0.05) is 6.42 Å². The Hall–Kier alpha value is -0.930. The maximum atomic E-state index is 12.6. The fourth-order valence-electron chi connectivity index (χ4n) is 6.64. The molecule has 2 aliphatic rings. The molecule has 2 rings (SSSR count). The molecule has 2 fully saturated rings. The summed E-state index contributed by atoms with van der Waals surface area (Å²) in [4.78, 5) is 12.6. The van der Waals surface area contributed by atoms with E-state index >= 15 is 0 Å². The molecule has 0 aromatic rings. The van der Waals surface area contributed by atoms with E-state index in [0.29, 0.717) is 18.3 Å². The predicted octanol–water partition coefficient (Wildman–Crippen LogP) is 8.09. The lowest BCUT2D eigenvalue weighted by Crippen LogP contribution is -2.37. The van der Waals surface area contributed by atoms with Crippen LogP contribution in [0, 0.1) is 17.3 Å². The Bertz CT molecular complexity index is 695. The van der Waals surface area contributed by atoms with Crippen molar-refractivity contribution in [3.05, 3.63) is 23.3 Å². The third kappa shape index (κ3) is 9.61. The largest absolute Gasteiger partial charge is 0.390 e. The number of allylic oxidation sites excluding steroid dienone is 4. The number of aliphatic hydroxyl groups is 2. The van der Waals surface area contributed by atoms with Gasteiger partial charge in [0.05, 0.1) is 5.60 Å². The van der Waals surface area contributed by atoms with Crippen molar-refractivity contribution in [3.8, 4) is 0 Å². The first-order valence-electron chi connectivity index (χ1n) is 14.2. The summed E-state index contributed by atoms with van der Waals surface area (Å²) in [6.07, 6.45) is 21.6. The van der Waals surface area contributed by atoms with E-state index < -0.39 is 11.2 Å². The van der Waals surface area contributed by atoms with Gasteiger partial charge in [-0.2, -0.15) is 0 Å². The highest BCUT2D eigenvalue weighted by Crippen LogP contribution is 2.50. The molecule has 3 atom stereocenters. The summed E-state index contributed by atoms with van der Waals surface area (Å²) in [6.45, 7) is 11.8. The summed E-state index contributed by atoms with van der Waals surface area (Å²) >= 11 is 0. The maximum absolute atomic E-state index is 12.6. The van der Waals surface area contributed by atoms with Crippen LogP contribution in [0.15, 0.2) is 23.3 Å². The molecule has 0 bridgehead atoms. The fourth-order valence-corrected chi connectivity index (χ4v) is 6.64. The summed E-state index contributed by atoms with van der Waals surface area (Å²) < 4.78 is 0. The minimum atomic E-state index is -1.25. The summed E-state index contributed by atoms with van der Waals surface area (Å²) in [5.41, 5.74) is 1.59. The standard InChI is InChI=1S/C31H54O3/c1-7-27(26(16-12-21-29(2,3)33)19-20-28(32)30(4,5)34)31(6)22-11-15-25(23-31)18-17-24-13-9-8-10-14-24/h17-18,26-27,33-34H,7-16,19-23H2,1-6H3/b25-18+. The molecular formula is C31H54O3. The van der Waals surface area contributed by atoms with Gasteiger partial charge in [-0.15, -0.1) is 0 Å². The summed E-state index contributed by atoms with van der Waals surface area (Å²) in [5.74, 6) is 0.943. The Morgan fingerprint density at radius 3 is 2.18 bits per heavy atom. The van der Waals surface area contributed by atoms with Gasteiger partial charge in [0.2, 0.25) is 0 Å². The number of hydrogen-bond acceptors (Lipinski definition) is 3. The lowest BCUT2D eigenvalue weighted by atomic mass is 9.59. The van der Waals surface area contributed by atoms with Crippen LogP contribution < -0.4 is 0 Å². The molecule has 0 aliphatic heterocycles. The van der Waals surface area contributed by atoms with Crippen LogP contribution in [0.25, 0.3) is 0 Å². The maximum Gasteiger partial charge on any atom is 0.163 e. The monoisotopic (exact) mass is 474 g/mol. The summed E-state index contributed by atoms with van der Waals surface area (Å²) in [5, 5.41) is 20.4. The normalized spacial score (nSPS) is 25.3. The Morgan fingerprint density at radius 2 is 1.59 bits per heavy atom. The molecule has 0 saturated heterocycles. The molecule has 2 N–H and O–H groups in total. The Morgan fingerprint density at radius 1 is 0.971 bits per heavy atom. The molecule has 0 spiro atoms. The average molecular weight is 475 g/mol. The highest BCUT2D eigenvalue weighted by atomic mass is 16.3. The third-order valence-electron chi connectivity index (χ3n) is 8.62. The van der Waals surface area contributed by atoms with Crippen LogP contribution in [0.3, 0.4) is 0 Å². The fraction of sp³-hybridized carbons (Fsp3) is 0.839. The number of Topliss-reactive ketones (excluding diaryl/α,β-unsaturated/α-hetero) is 1. The second-order valence-electron chi connectivity index (χ2n) is 12.9. The first kappa shape index (κ1) is 29.3. The van der Waals surface area contributed by atoms with Gasteiger partial charge in [0.15, 0.2) is 5.78 Å². The molecule has 0 aromatic heterocycles. The Balaban J connectivity index is 2.16. The zero-order valence-electron chi connectivity index (χ0n) is 23.2. The molecule has 2 aliphatic carbocycles. The van der Waals surface area contributed by atoms with Crippen molar-refractivity contribution in [2.24, 2.45) is 17.3 Å². The van der Waals surface area contributed by atoms with Gasteiger partial charge >= 0.3 is 0 Å². The van der Waals surface area contributed by atoms with Crippen LogP contribution in [0.1, 0.15) is 138 Å². The van der Waals surface area contributed by atoms with Crippen molar-refractivity contribution in [1.82, 2.24) is 0 Å². The first-order valence-corrected chi connectivity index (χ1v) is 14.2. The first-order chi connectivity index (χ1) is 15.8. The molecule has 2 saturated carbocycles. The van der Waals surface area contributed by atoms with Gasteiger partial charge in [-0.25, -0.2) is 0 Å². The molecular weight excluding hydrogens is 420 g/mol. The van der Waals surface area contributed by atoms with Crippen LogP contribution in [-0.4, -0.2) is 27.2 Å². The van der Waals surface area contributed by atoms with Crippen molar-refractivity contribution in [2.45, 2.75) is 149 Å². The number of ketones is 1. The Kier molecular flexibility index (Phi) is 11.1. The van der Waals surface area contributed by atoms with Crippen LogP contribution in [-0.2, 0) is 4.79 Å². The average Bonchev–Trinajstić information content (AvgIpc) is 2.75. The van der Waals surface area contributed by atoms with E-state index in [4.69, 9.17) is 0 Å². The Labute approximate surface area is 210 Å². The molecule has 0 aromatic carbocycles. The quantitative estimate of drug-likeness (QED) is 0.300. The highest BCUT2D eigenvalue weighted by molar-refractivity contribution is 5.86. The SMILES string of the molecule is CCC(C(CCCC(C)(C)O)CCC(=O)C(C)(C)O)C1(C)CCC/C(=C\C=C2CCCCC2)C1. The van der Waals surface area contributed by atoms with Crippen LogP contribution >= 0.6 is 0 Å². The van der Waals surface area contributed by atoms with Gasteiger partial charge in [0.25, 0.3) is 0 Å². The number of rotatable bonds is 12. The van der Waals surface area contributed by atoms with Gasteiger partial charge in [0.1, 0.15) is 5.60 Å². The van der Waals surface area contributed by atoms with Gasteiger partial charge < -0.3 is 10.2 Å². The van der Waals surface area contributed by atoms with E-state index in [1.54, 1.807) is 25.0 Å². The van der Waals surface area contributed by atoms with Crippen LogP contribution in [0.5, 0.6) is 0 Å². The number of carbonyl (C=O) groups is 1. The molecule has 3 unspecified atom stereocenters. The smallest absolute Gasteiger partial charge is 0.163 e. The van der Waals surface area contributed by atoms with E-state index in [1.165, 1.54) is 51.4 Å². The number of hydrogen-bond donors (Lipinski definition) is 2. The van der Waals surface area contributed by atoms with E-state index in [-0.39, 0.29) is 11.2 Å². The minimum absolute atomic E-state index is 0.0525. The van der Waals surface area contributed by atoms with Crippen molar-refractivity contribution < 1.29 is 15.0 Å². The van der Waals surface area contributed by atoms with Gasteiger partial charge in [-0.3, -0.25) is 4.79 Å². The minimum Gasteiger partial charge on any atom is -0.390 e. The van der Waals surface area contributed by atoms with Crippen molar-refractivity contribution in [1.29, 1.82) is 0 Å². The molecule has 196 valence electrons. The molecule has 34 heavy (non-hydrogen) atoms. The molecule has 0 heterocycles. The van der Waals surface area contributed by atoms with Gasteiger partial charge in [-0.1, -0.05) is 62.8 Å². The molecule has 3 heteroatoms. The second kappa shape index (κ2) is 12.9. The van der Waals surface area contributed by atoms with E-state index in [0.717, 1.165) is 38.5 Å². The van der Waals surface area contributed by atoms with Crippen molar-refractivity contribution in [3.63, 3.8) is 0 Å². The van der Waals surface area contributed by atoms with E-state index in [1.807, 2.05) is 13.8 Å². The van der Waals surface area contributed by atoms with Crippen LogP contribution in [0.4, 0.5) is 0 Å².